The number of carbonyl (C=O) groups is 3. The summed E-state index contributed by atoms with van der Waals surface area (Å²) in [6, 6.07) is 0. The van der Waals surface area contributed by atoms with E-state index in [0.29, 0.717) is 12.8 Å². The fourth-order valence-electron chi connectivity index (χ4n) is 5.12. The van der Waals surface area contributed by atoms with Crippen LogP contribution in [0.25, 0.3) is 0 Å². The minimum Gasteiger partial charge on any atom is -0.458 e. The van der Waals surface area contributed by atoms with Gasteiger partial charge < -0.3 is 24.5 Å². The topological polar surface area (TPSA) is 110 Å². The highest BCUT2D eigenvalue weighted by atomic mass is 16.6. The van der Waals surface area contributed by atoms with Crippen LogP contribution in [0.5, 0.6) is 0 Å². The number of hydrogen-bond acceptors (Lipinski definition) is 7. The molecule has 3 aliphatic rings. The number of allylic oxidation sites excluding steroid dienone is 1. The smallest absolute Gasteiger partial charge is 0.336 e. The summed E-state index contributed by atoms with van der Waals surface area (Å²) in [5, 5.41) is 20.0. The first-order valence-corrected chi connectivity index (χ1v) is 9.28. The van der Waals surface area contributed by atoms with Gasteiger partial charge in [0.2, 0.25) is 0 Å². The van der Waals surface area contributed by atoms with Crippen LogP contribution >= 0.6 is 0 Å². The van der Waals surface area contributed by atoms with E-state index in [-0.39, 0.29) is 29.4 Å². The van der Waals surface area contributed by atoms with Crippen LogP contribution in [0.2, 0.25) is 0 Å². The monoisotopic (exact) mass is 378 g/mol. The molecule has 1 saturated heterocycles. The molecule has 7 nitrogen and oxygen atoms in total. The molecule has 0 aromatic carbocycles. The van der Waals surface area contributed by atoms with Gasteiger partial charge in [0.15, 0.2) is 0 Å². The quantitative estimate of drug-likeness (QED) is 0.425. The number of esters is 2. The van der Waals surface area contributed by atoms with Crippen LogP contribution in [0.1, 0.15) is 33.1 Å². The van der Waals surface area contributed by atoms with Crippen molar-refractivity contribution in [3.8, 4) is 0 Å². The summed E-state index contributed by atoms with van der Waals surface area (Å²) >= 11 is 0. The number of hydrogen-bond donors (Lipinski definition) is 2. The Morgan fingerprint density at radius 2 is 2.15 bits per heavy atom. The average Bonchev–Trinajstić information content (AvgIpc) is 2.92. The van der Waals surface area contributed by atoms with E-state index in [1.807, 2.05) is 6.92 Å². The van der Waals surface area contributed by atoms with Gasteiger partial charge in [-0.25, -0.2) is 9.59 Å². The Bertz CT molecular complexity index is 696. The minimum atomic E-state index is -0.740. The number of aliphatic hydroxyl groups excluding tert-OH is 2. The molecule has 1 aliphatic heterocycles. The summed E-state index contributed by atoms with van der Waals surface area (Å²) in [5.41, 5.74) is -0.406. The molecule has 3 fully saturated rings. The van der Waals surface area contributed by atoms with Crippen LogP contribution in [0, 0.1) is 23.2 Å². The van der Waals surface area contributed by atoms with Gasteiger partial charge in [-0.05, 0) is 26.2 Å². The lowest BCUT2D eigenvalue weighted by Gasteiger charge is -2.55. The number of aldehydes is 1. The molecule has 0 aromatic rings. The van der Waals surface area contributed by atoms with E-state index in [9.17, 15) is 24.6 Å². The standard InChI is InChI=1S/C20H26O7/c1-4-11(8-21)19(25)26-13-7-20(3)14(23)6-5-12(9-22)16(20)17-15(13)10(2)18(24)27-17/h4,9,12-17,21,23H,2,5-8H2,1,3H3/b11-4-/t12-,13+,14-,15-,16-,17+,20+/m1/s1. The summed E-state index contributed by atoms with van der Waals surface area (Å²) < 4.78 is 11.2. The molecule has 0 aromatic heterocycles. The summed E-state index contributed by atoms with van der Waals surface area (Å²) in [6.07, 6.45) is 1.50. The molecule has 27 heavy (non-hydrogen) atoms. The number of fused-ring (bicyclic) bond motifs is 3. The first kappa shape index (κ1) is 19.8. The van der Waals surface area contributed by atoms with E-state index in [0.717, 1.165) is 6.29 Å². The minimum absolute atomic E-state index is 0.115. The van der Waals surface area contributed by atoms with Gasteiger partial charge in [-0.15, -0.1) is 0 Å². The molecule has 7 atom stereocenters. The van der Waals surface area contributed by atoms with E-state index in [1.54, 1.807) is 6.92 Å². The highest BCUT2D eigenvalue weighted by Gasteiger charge is 2.63. The highest BCUT2D eigenvalue weighted by Crippen LogP contribution is 2.58. The van der Waals surface area contributed by atoms with Crippen molar-refractivity contribution in [2.45, 2.75) is 51.4 Å². The first-order valence-electron chi connectivity index (χ1n) is 9.28. The second kappa shape index (κ2) is 7.20. The van der Waals surface area contributed by atoms with Crippen molar-refractivity contribution >= 4 is 18.2 Å². The third-order valence-electron chi connectivity index (χ3n) is 6.63. The largest absolute Gasteiger partial charge is 0.458 e. The van der Waals surface area contributed by atoms with Crippen molar-refractivity contribution in [1.82, 2.24) is 0 Å². The van der Waals surface area contributed by atoms with Gasteiger partial charge in [0, 0.05) is 22.8 Å². The highest BCUT2D eigenvalue weighted by molar-refractivity contribution is 5.92. The van der Waals surface area contributed by atoms with E-state index in [4.69, 9.17) is 9.47 Å². The van der Waals surface area contributed by atoms with Crippen LogP contribution in [-0.4, -0.2) is 53.4 Å². The maximum atomic E-state index is 12.4. The van der Waals surface area contributed by atoms with Gasteiger partial charge in [-0.3, -0.25) is 0 Å². The number of rotatable bonds is 4. The third kappa shape index (κ3) is 3.02. The Morgan fingerprint density at radius 1 is 1.44 bits per heavy atom. The Balaban J connectivity index is 1.99. The predicted molar refractivity (Wildman–Crippen MR) is 94.2 cm³/mol. The number of aliphatic hydroxyl groups is 2. The Hall–Kier alpha value is -1.99. The summed E-state index contributed by atoms with van der Waals surface area (Å²) in [7, 11) is 0. The molecule has 3 rings (SSSR count). The lowest BCUT2D eigenvalue weighted by molar-refractivity contribution is -0.194. The lowest BCUT2D eigenvalue weighted by atomic mass is 9.51. The van der Waals surface area contributed by atoms with Gasteiger partial charge in [0.05, 0.1) is 24.2 Å². The van der Waals surface area contributed by atoms with Crippen molar-refractivity contribution in [3.05, 3.63) is 23.8 Å². The molecule has 0 spiro atoms. The molecular formula is C20H26O7. The predicted octanol–water partition coefficient (Wildman–Crippen LogP) is 0.931. The van der Waals surface area contributed by atoms with Gasteiger partial charge >= 0.3 is 11.9 Å². The van der Waals surface area contributed by atoms with Gasteiger partial charge in [-0.2, -0.15) is 0 Å². The maximum absolute atomic E-state index is 12.4. The first-order chi connectivity index (χ1) is 12.8. The molecule has 1 heterocycles. The molecule has 7 heteroatoms. The zero-order valence-electron chi connectivity index (χ0n) is 15.6. The summed E-state index contributed by atoms with van der Waals surface area (Å²) in [6.45, 7) is 6.83. The fourth-order valence-corrected chi connectivity index (χ4v) is 5.12. The zero-order chi connectivity index (χ0) is 19.9. The molecule has 2 saturated carbocycles. The average molecular weight is 378 g/mol. The van der Waals surface area contributed by atoms with E-state index in [1.165, 1.54) is 6.08 Å². The zero-order valence-corrected chi connectivity index (χ0v) is 15.6. The van der Waals surface area contributed by atoms with Crippen LogP contribution in [0.15, 0.2) is 23.8 Å². The normalized spacial score (nSPS) is 41.4. The van der Waals surface area contributed by atoms with E-state index >= 15 is 0 Å². The third-order valence-corrected chi connectivity index (χ3v) is 6.63. The van der Waals surface area contributed by atoms with Gasteiger partial charge in [0.25, 0.3) is 0 Å². The Labute approximate surface area is 158 Å². The van der Waals surface area contributed by atoms with Crippen molar-refractivity contribution in [1.29, 1.82) is 0 Å². The SMILES string of the molecule is C=C1C(=O)O[C@H]2[C@H]1[C@@H](OC(=O)/C(=C\C)CO)C[C@]1(C)[C@@H]2[C@@H](C=O)CC[C@H]1O. The fraction of sp³-hybridized carbons (Fsp3) is 0.650. The molecule has 2 aliphatic carbocycles. The van der Waals surface area contributed by atoms with E-state index < -0.39 is 48.2 Å². The second-order valence-corrected chi connectivity index (χ2v) is 7.97. The van der Waals surface area contributed by atoms with E-state index in [2.05, 4.69) is 6.58 Å². The van der Waals surface area contributed by atoms with Crippen molar-refractivity contribution in [2.75, 3.05) is 6.61 Å². The van der Waals surface area contributed by atoms with Crippen molar-refractivity contribution < 1.29 is 34.1 Å². The molecule has 2 N–H and O–H groups in total. The van der Waals surface area contributed by atoms with Crippen LogP contribution < -0.4 is 0 Å². The van der Waals surface area contributed by atoms with Crippen LogP contribution in [0.4, 0.5) is 0 Å². The molecule has 0 radical (unpaired) electrons. The van der Waals surface area contributed by atoms with Gasteiger partial charge in [-0.1, -0.05) is 19.6 Å². The molecule has 0 amide bonds. The molecular weight excluding hydrogens is 352 g/mol. The lowest BCUT2D eigenvalue weighted by Crippen LogP contribution is -2.60. The summed E-state index contributed by atoms with van der Waals surface area (Å²) in [5.74, 6) is -2.50. The molecule has 0 bridgehead atoms. The second-order valence-electron chi connectivity index (χ2n) is 7.97. The Morgan fingerprint density at radius 3 is 2.74 bits per heavy atom. The summed E-state index contributed by atoms with van der Waals surface area (Å²) in [4.78, 5) is 36.3. The van der Waals surface area contributed by atoms with Crippen LogP contribution in [0.3, 0.4) is 0 Å². The van der Waals surface area contributed by atoms with Crippen molar-refractivity contribution in [2.24, 2.45) is 23.2 Å². The van der Waals surface area contributed by atoms with Crippen molar-refractivity contribution in [3.63, 3.8) is 0 Å². The maximum Gasteiger partial charge on any atom is 0.336 e. The molecule has 0 unspecified atom stereocenters. The van der Waals surface area contributed by atoms with Crippen LogP contribution in [-0.2, 0) is 23.9 Å². The number of ether oxygens (including phenoxy) is 2. The number of carbonyl (C=O) groups excluding carboxylic acids is 3. The van der Waals surface area contributed by atoms with Gasteiger partial charge in [0.1, 0.15) is 18.5 Å². The molecule has 148 valence electrons. The Kier molecular flexibility index (Phi) is 5.27.